The van der Waals surface area contributed by atoms with Crippen molar-refractivity contribution >= 4 is 10.0 Å². The highest BCUT2D eigenvalue weighted by Crippen LogP contribution is 2.40. The van der Waals surface area contributed by atoms with Gasteiger partial charge in [0.15, 0.2) is 0 Å². The molecule has 0 bridgehead atoms. The van der Waals surface area contributed by atoms with E-state index in [0.717, 1.165) is 30.6 Å². The van der Waals surface area contributed by atoms with Gasteiger partial charge in [-0.1, -0.05) is 0 Å². The fourth-order valence-corrected chi connectivity index (χ4v) is 5.45. The average molecular weight is 309 g/mol. The minimum Gasteiger partial charge on any atom is -0.493 e. The van der Waals surface area contributed by atoms with Gasteiger partial charge < -0.3 is 9.84 Å². The van der Waals surface area contributed by atoms with Crippen molar-refractivity contribution in [2.45, 2.75) is 30.3 Å². The molecule has 1 aromatic rings. The van der Waals surface area contributed by atoms with Gasteiger partial charge in [0.2, 0.25) is 10.0 Å². The number of aliphatic hydroxyl groups excluding tert-OH is 1. The molecule has 1 saturated heterocycles. The van der Waals surface area contributed by atoms with Crippen LogP contribution in [0.15, 0.2) is 23.1 Å². The zero-order valence-corrected chi connectivity index (χ0v) is 12.6. The standard InChI is InChI=1S/C15H19NO4S/c17-14-3-1-11-8-16(9-13(11)14)21(18,19)12-2-4-15-10(7-12)5-6-20-15/h2,4,7,11,13-14,17H,1,3,5-6,8-9H2. The highest BCUT2D eigenvalue weighted by Gasteiger charge is 2.45. The highest BCUT2D eigenvalue weighted by molar-refractivity contribution is 7.89. The molecule has 4 rings (SSSR count). The lowest BCUT2D eigenvalue weighted by atomic mass is 10.00. The minimum atomic E-state index is -3.46. The number of nitrogens with zero attached hydrogens (tertiary/aromatic N) is 1. The van der Waals surface area contributed by atoms with Crippen LogP contribution < -0.4 is 4.74 Å². The van der Waals surface area contributed by atoms with E-state index < -0.39 is 10.0 Å². The van der Waals surface area contributed by atoms with Gasteiger partial charge in [-0.15, -0.1) is 0 Å². The Morgan fingerprint density at radius 1 is 1.24 bits per heavy atom. The summed E-state index contributed by atoms with van der Waals surface area (Å²) in [6.45, 7) is 1.61. The van der Waals surface area contributed by atoms with Gasteiger partial charge in [-0.05, 0) is 42.5 Å². The van der Waals surface area contributed by atoms with Crippen LogP contribution in [0.5, 0.6) is 5.75 Å². The largest absolute Gasteiger partial charge is 0.493 e. The van der Waals surface area contributed by atoms with Gasteiger partial charge in [-0.3, -0.25) is 0 Å². The SMILES string of the molecule is O=S(=O)(c1ccc2c(c1)CCO2)N1CC2CCC(O)C2C1. The Hall–Kier alpha value is -1.11. The molecule has 0 amide bonds. The molecule has 2 heterocycles. The van der Waals surface area contributed by atoms with Crippen LogP contribution in [0.4, 0.5) is 0 Å². The van der Waals surface area contributed by atoms with E-state index in [2.05, 4.69) is 0 Å². The summed E-state index contributed by atoms with van der Waals surface area (Å²) >= 11 is 0. The van der Waals surface area contributed by atoms with Crippen molar-refractivity contribution in [3.8, 4) is 5.75 Å². The molecule has 3 atom stereocenters. The summed E-state index contributed by atoms with van der Waals surface area (Å²) in [7, 11) is -3.46. The van der Waals surface area contributed by atoms with Crippen LogP contribution in [-0.2, 0) is 16.4 Å². The number of ether oxygens (including phenoxy) is 1. The molecule has 1 saturated carbocycles. The van der Waals surface area contributed by atoms with Crippen molar-refractivity contribution in [2.24, 2.45) is 11.8 Å². The average Bonchev–Trinajstić information content (AvgIpc) is 3.15. The van der Waals surface area contributed by atoms with E-state index in [4.69, 9.17) is 4.74 Å². The number of benzene rings is 1. The molecule has 6 heteroatoms. The second-order valence-corrected chi connectivity index (χ2v) is 8.20. The van der Waals surface area contributed by atoms with Gasteiger partial charge >= 0.3 is 0 Å². The first-order valence-electron chi connectivity index (χ1n) is 7.49. The summed E-state index contributed by atoms with van der Waals surface area (Å²) < 4.78 is 32.5. The number of hydrogen-bond donors (Lipinski definition) is 1. The van der Waals surface area contributed by atoms with Gasteiger partial charge in [0.25, 0.3) is 0 Å². The maximum absolute atomic E-state index is 12.8. The van der Waals surface area contributed by atoms with Crippen molar-refractivity contribution in [1.82, 2.24) is 4.31 Å². The molecule has 3 aliphatic rings. The normalized spacial score (nSPS) is 32.0. The van der Waals surface area contributed by atoms with E-state index in [1.165, 1.54) is 0 Å². The lowest BCUT2D eigenvalue weighted by Gasteiger charge is -2.18. The predicted octanol–water partition coefficient (Wildman–Crippen LogP) is 1.01. The third kappa shape index (κ3) is 2.08. The summed E-state index contributed by atoms with van der Waals surface area (Å²) in [5.41, 5.74) is 0.968. The van der Waals surface area contributed by atoms with Crippen LogP contribution in [0.25, 0.3) is 0 Å². The van der Waals surface area contributed by atoms with Gasteiger partial charge in [-0.2, -0.15) is 4.31 Å². The van der Waals surface area contributed by atoms with Crippen molar-refractivity contribution in [2.75, 3.05) is 19.7 Å². The molecule has 2 fully saturated rings. The lowest BCUT2D eigenvalue weighted by Crippen LogP contribution is -2.31. The first-order chi connectivity index (χ1) is 10.1. The first kappa shape index (κ1) is 13.5. The number of hydrogen-bond acceptors (Lipinski definition) is 4. The molecule has 1 aromatic carbocycles. The fraction of sp³-hybridized carbons (Fsp3) is 0.600. The van der Waals surface area contributed by atoms with E-state index in [-0.39, 0.29) is 12.0 Å². The van der Waals surface area contributed by atoms with Crippen molar-refractivity contribution in [1.29, 1.82) is 0 Å². The van der Waals surface area contributed by atoms with Crippen molar-refractivity contribution < 1.29 is 18.3 Å². The van der Waals surface area contributed by atoms with Crippen LogP contribution in [0, 0.1) is 11.8 Å². The second kappa shape index (κ2) is 4.69. The van der Waals surface area contributed by atoms with Crippen LogP contribution in [0.1, 0.15) is 18.4 Å². The molecular weight excluding hydrogens is 290 g/mol. The van der Waals surface area contributed by atoms with E-state index >= 15 is 0 Å². The molecule has 0 spiro atoms. The Kier molecular flexibility index (Phi) is 3.03. The molecule has 21 heavy (non-hydrogen) atoms. The molecular formula is C15H19NO4S. The molecule has 1 aliphatic carbocycles. The smallest absolute Gasteiger partial charge is 0.243 e. The number of aliphatic hydroxyl groups is 1. The van der Waals surface area contributed by atoms with E-state index in [0.29, 0.717) is 30.5 Å². The molecule has 0 aromatic heterocycles. The van der Waals surface area contributed by atoms with E-state index in [9.17, 15) is 13.5 Å². The van der Waals surface area contributed by atoms with Gasteiger partial charge in [0, 0.05) is 25.4 Å². The third-order valence-electron chi connectivity index (χ3n) is 5.08. The number of fused-ring (bicyclic) bond motifs is 2. The highest BCUT2D eigenvalue weighted by atomic mass is 32.2. The van der Waals surface area contributed by atoms with Crippen molar-refractivity contribution in [3.05, 3.63) is 23.8 Å². The Labute approximate surface area is 124 Å². The number of sulfonamides is 1. The Morgan fingerprint density at radius 3 is 2.90 bits per heavy atom. The fourth-order valence-electron chi connectivity index (χ4n) is 3.86. The zero-order valence-electron chi connectivity index (χ0n) is 11.7. The minimum absolute atomic E-state index is 0.109. The molecule has 3 unspecified atom stereocenters. The Bertz CT molecular complexity index is 672. The maximum Gasteiger partial charge on any atom is 0.243 e. The second-order valence-electron chi connectivity index (χ2n) is 6.26. The first-order valence-corrected chi connectivity index (χ1v) is 8.93. The Balaban J connectivity index is 1.62. The molecule has 2 aliphatic heterocycles. The quantitative estimate of drug-likeness (QED) is 0.885. The lowest BCUT2D eigenvalue weighted by molar-refractivity contribution is 0.129. The van der Waals surface area contributed by atoms with Crippen LogP contribution in [0.3, 0.4) is 0 Å². The molecule has 0 radical (unpaired) electrons. The van der Waals surface area contributed by atoms with E-state index in [1.54, 1.807) is 22.5 Å². The van der Waals surface area contributed by atoms with Gasteiger partial charge in [0.05, 0.1) is 17.6 Å². The maximum atomic E-state index is 12.8. The summed E-state index contributed by atoms with van der Waals surface area (Å²) in [5.74, 6) is 1.22. The summed E-state index contributed by atoms with van der Waals surface area (Å²) in [6.07, 6.45) is 2.15. The topological polar surface area (TPSA) is 66.8 Å². The van der Waals surface area contributed by atoms with Crippen LogP contribution in [0.2, 0.25) is 0 Å². The summed E-state index contributed by atoms with van der Waals surface area (Å²) in [4.78, 5) is 0.348. The summed E-state index contributed by atoms with van der Waals surface area (Å²) in [5, 5.41) is 9.94. The van der Waals surface area contributed by atoms with E-state index in [1.807, 2.05) is 0 Å². The number of rotatable bonds is 2. The van der Waals surface area contributed by atoms with Gasteiger partial charge in [0.1, 0.15) is 5.75 Å². The molecule has 1 N–H and O–H groups in total. The summed E-state index contributed by atoms with van der Waals surface area (Å²) in [6, 6.07) is 5.12. The predicted molar refractivity (Wildman–Crippen MR) is 76.6 cm³/mol. The monoisotopic (exact) mass is 309 g/mol. The van der Waals surface area contributed by atoms with Crippen LogP contribution >= 0.6 is 0 Å². The van der Waals surface area contributed by atoms with Crippen molar-refractivity contribution in [3.63, 3.8) is 0 Å². The third-order valence-corrected chi connectivity index (χ3v) is 6.91. The molecule has 5 nitrogen and oxygen atoms in total. The zero-order chi connectivity index (χ0) is 14.6. The Morgan fingerprint density at radius 2 is 2.10 bits per heavy atom. The van der Waals surface area contributed by atoms with Crippen LogP contribution in [-0.4, -0.2) is 43.6 Å². The van der Waals surface area contributed by atoms with Gasteiger partial charge in [-0.25, -0.2) is 8.42 Å². The molecule has 114 valence electrons.